The Morgan fingerprint density at radius 1 is 0.933 bits per heavy atom. The zero-order chi connectivity index (χ0) is 11.4. The lowest BCUT2D eigenvalue weighted by molar-refractivity contribution is -0.105. The number of aldehydes is 1. The molecule has 0 saturated heterocycles. The van der Waals surface area contributed by atoms with Crippen LogP contribution in [0.25, 0.3) is 0 Å². The summed E-state index contributed by atoms with van der Waals surface area (Å²) in [5.41, 5.74) is 1.01. The highest BCUT2D eigenvalue weighted by atomic mass is 16.1. The molecule has 0 radical (unpaired) electrons. The molecule has 0 unspecified atom stereocenters. The quantitative estimate of drug-likeness (QED) is 0.291. The van der Waals surface area contributed by atoms with Crippen LogP contribution in [0.1, 0.15) is 71.6 Å². The highest BCUT2D eigenvalue weighted by Crippen LogP contribution is 2.10. The van der Waals surface area contributed by atoms with Crippen molar-refractivity contribution in [2.24, 2.45) is 0 Å². The summed E-state index contributed by atoms with van der Waals surface area (Å²) in [5, 5.41) is 0. The summed E-state index contributed by atoms with van der Waals surface area (Å²) in [7, 11) is 0. The monoisotopic (exact) mass is 210 g/mol. The van der Waals surface area contributed by atoms with Crippen molar-refractivity contribution >= 4 is 6.29 Å². The van der Waals surface area contributed by atoms with Crippen molar-refractivity contribution < 1.29 is 4.79 Å². The lowest BCUT2D eigenvalue weighted by Crippen LogP contribution is -1.86. The highest BCUT2D eigenvalue weighted by Gasteiger charge is 1.95. The Morgan fingerprint density at radius 2 is 1.60 bits per heavy atom. The molecule has 88 valence electrons. The molecule has 0 atom stereocenters. The van der Waals surface area contributed by atoms with Crippen LogP contribution in [0.4, 0.5) is 0 Å². The Hall–Kier alpha value is -0.590. The van der Waals surface area contributed by atoms with Gasteiger partial charge in [-0.25, -0.2) is 0 Å². The first kappa shape index (κ1) is 14.4. The summed E-state index contributed by atoms with van der Waals surface area (Å²) in [5.74, 6) is 0. The molecule has 0 N–H and O–H groups in total. The van der Waals surface area contributed by atoms with Crippen molar-refractivity contribution in [1.29, 1.82) is 0 Å². The van der Waals surface area contributed by atoms with Crippen LogP contribution in [0, 0.1) is 0 Å². The molecule has 0 bridgehead atoms. The van der Waals surface area contributed by atoms with Gasteiger partial charge in [-0.05, 0) is 31.3 Å². The van der Waals surface area contributed by atoms with Gasteiger partial charge >= 0.3 is 0 Å². The Kier molecular flexibility index (Phi) is 11.0. The van der Waals surface area contributed by atoms with Crippen molar-refractivity contribution in [1.82, 2.24) is 0 Å². The van der Waals surface area contributed by atoms with Gasteiger partial charge in [0.1, 0.15) is 6.29 Å². The minimum absolute atomic E-state index is 0.977. The van der Waals surface area contributed by atoms with Crippen molar-refractivity contribution in [2.45, 2.75) is 71.6 Å². The Labute approximate surface area is 95.0 Å². The number of unbranched alkanes of at least 4 members (excludes halogenated alkanes) is 6. The second-order valence-electron chi connectivity index (χ2n) is 4.20. The minimum atomic E-state index is 0.977. The van der Waals surface area contributed by atoms with Crippen LogP contribution >= 0.6 is 0 Å². The van der Waals surface area contributed by atoms with Crippen LogP contribution in [-0.2, 0) is 4.79 Å². The highest BCUT2D eigenvalue weighted by molar-refractivity contribution is 5.72. The molecule has 0 aliphatic heterocycles. The molecule has 0 aromatic rings. The zero-order valence-corrected chi connectivity index (χ0v) is 10.4. The summed E-state index contributed by atoms with van der Waals surface area (Å²) >= 11 is 0. The van der Waals surface area contributed by atoms with E-state index in [-0.39, 0.29) is 0 Å². The minimum Gasteiger partial charge on any atom is -0.298 e. The fourth-order valence-electron chi connectivity index (χ4n) is 1.65. The normalized spacial score (nSPS) is 11.7. The molecule has 0 aromatic carbocycles. The van der Waals surface area contributed by atoms with E-state index in [2.05, 4.69) is 19.9 Å². The Bertz CT molecular complexity index is 170. The van der Waals surface area contributed by atoms with Crippen LogP contribution in [0.3, 0.4) is 0 Å². The fourth-order valence-corrected chi connectivity index (χ4v) is 1.65. The van der Waals surface area contributed by atoms with Crippen molar-refractivity contribution in [2.75, 3.05) is 0 Å². The molecule has 0 aromatic heterocycles. The van der Waals surface area contributed by atoms with Crippen molar-refractivity contribution in [3.05, 3.63) is 11.6 Å². The molecular weight excluding hydrogens is 184 g/mol. The molecule has 1 nitrogen and oxygen atoms in total. The molecule has 0 spiro atoms. The topological polar surface area (TPSA) is 17.1 Å². The van der Waals surface area contributed by atoms with Crippen LogP contribution in [0.2, 0.25) is 0 Å². The maximum absolute atomic E-state index is 10.8. The third kappa shape index (κ3) is 9.71. The van der Waals surface area contributed by atoms with Gasteiger partial charge in [-0.1, -0.05) is 52.0 Å². The summed E-state index contributed by atoms with van der Waals surface area (Å²) in [6.45, 7) is 4.41. The molecule has 0 aliphatic rings. The van der Waals surface area contributed by atoms with E-state index in [1.54, 1.807) is 0 Å². The van der Waals surface area contributed by atoms with Crippen molar-refractivity contribution in [3.63, 3.8) is 0 Å². The summed E-state index contributed by atoms with van der Waals surface area (Å²) in [6.07, 6.45) is 14.0. The molecule has 0 heterocycles. The largest absolute Gasteiger partial charge is 0.298 e. The summed E-state index contributed by atoms with van der Waals surface area (Å²) < 4.78 is 0. The fraction of sp³-hybridized carbons (Fsp3) is 0.786. The number of rotatable bonds is 10. The SMILES string of the molecule is CCCCCC/C=C(\C=O)CCCCC. The van der Waals surface area contributed by atoms with Gasteiger partial charge in [0.15, 0.2) is 0 Å². The first-order valence-electron chi connectivity index (χ1n) is 6.49. The zero-order valence-electron chi connectivity index (χ0n) is 10.4. The van der Waals surface area contributed by atoms with Crippen LogP contribution in [0.15, 0.2) is 11.6 Å². The summed E-state index contributed by atoms with van der Waals surface area (Å²) in [4.78, 5) is 10.8. The predicted octanol–water partition coefficient (Wildman–Crippen LogP) is 4.66. The number of carbonyl (C=O) groups is 1. The number of hydrogen-bond acceptors (Lipinski definition) is 1. The third-order valence-electron chi connectivity index (χ3n) is 2.68. The molecule has 15 heavy (non-hydrogen) atoms. The first-order valence-corrected chi connectivity index (χ1v) is 6.49. The molecule has 1 heteroatoms. The molecule has 0 saturated carbocycles. The molecule has 0 aliphatic carbocycles. The van der Waals surface area contributed by atoms with Gasteiger partial charge in [0, 0.05) is 0 Å². The van der Waals surface area contributed by atoms with Crippen LogP contribution in [0.5, 0.6) is 0 Å². The van der Waals surface area contributed by atoms with Gasteiger partial charge in [-0.2, -0.15) is 0 Å². The number of allylic oxidation sites excluding steroid dienone is 2. The van der Waals surface area contributed by atoms with Gasteiger partial charge in [0.2, 0.25) is 0 Å². The Balaban J connectivity index is 3.55. The van der Waals surface area contributed by atoms with E-state index < -0.39 is 0 Å². The first-order chi connectivity index (χ1) is 7.35. The molecule has 0 amide bonds. The lowest BCUT2D eigenvalue weighted by Gasteiger charge is -2.00. The van der Waals surface area contributed by atoms with Gasteiger partial charge in [-0.15, -0.1) is 0 Å². The average molecular weight is 210 g/mol. The molecule has 0 rings (SSSR count). The Morgan fingerprint density at radius 3 is 2.20 bits per heavy atom. The second-order valence-corrected chi connectivity index (χ2v) is 4.20. The maximum atomic E-state index is 10.8. The second kappa shape index (κ2) is 11.5. The van der Waals surface area contributed by atoms with E-state index >= 15 is 0 Å². The predicted molar refractivity (Wildman–Crippen MR) is 67.0 cm³/mol. The van der Waals surface area contributed by atoms with Gasteiger partial charge in [-0.3, -0.25) is 4.79 Å². The van der Waals surface area contributed by atoms with Gasteiger partial charge in [0.05, 0.1) is 0 Å². The number of hydrogen-bond donors (Lipinski definition) is 0. The lowest BCUT2D eigenvalue weighted by atomic mass is 10.1. The van der Waals surface area contributed by atoms with E-state index in [9.17, 15) is 4.79 Å². The number of carbonyl (C=O) groups excluding carboxylic acids is 1. The van der Waals surface area contributed by atoms with E-state index in [0.29, 0.717) is 0 Å². The smallest absolute Gasteiger partial charge is 0.145 e. The van der Waals surface area contributed by atoms with Gasteiger partial charge < -0.3 is 0 Å². The standard InChI is InChI=1S/C14H26O/c1-3-5-7-8-10-12-14(13-15)11-9-6-4-2/h12-13H,3-11H2,1-2H3/b14-12-. The molecule has 0 fully saturated rings. The van der Waals surface area contributed by atoms with E-state index in [1.807, 2.05) is 0 Å². The van der Waals surface area contributed by atoms with E-state index in [4.69, 9.17) is 0 Å². The van der Waals surface area contributed by atoms with E-state index in [0.717, 1.165) is 31.1 Å². The summed E-state index contributed by atoms with van der Waals surface area (Å²) in [6, 6.07) is 0. The van der Waals surface area contributed by atoms with Gasteiger partial charge in [0.25, 0.3) is 0 Å². The maximum Gasteiger partial charge on any atom is 0.145 e. The van der Waals surface area contributed by atoms with Crippen molar-refractivity contribution in [3.8, 4) is 0 Å². The third-order valence-corrected chi connectivity index (χ3v) is 2.68. The molecular formula is C14H26O. The van der Waals surface area contributed by atoms with Crippen LogP contribution < -0.4 is 0 Å². The van der Waals surface area contributed by atoms with E-state index in [1.165, 1.54) is 38.5 Å². The van der Waals surface area contributed by atoms with Crippen LogP contribution in [-0.4, -0.2) is 6.29 Å². The average Bonchev–Trinajstić information content (AvgIpc) is 2.26.